The zero-order valence-corrected chi connectivity index (χ0v) is 27.9. The zero-order chi connectivity index (χ0) is 33.7. The second-order valence-electron chi connectivity index (χ2n) is 11.7. The minimum absolute atomic E-state index is 0.00725. The third-order valence-corrected chi connectivity index (χ3v) is 9.33. The average Bonchev–Trinajstić information content (AvgIpc) is 3.13. The number of para-hydroxylation sites is 3. The number of carbonyl (C=O) groups excluding carboxylic acids is 2. The van der Waals surface area contributed by atoms with Gasteiger partial charge >= 0.3 is 0 Å². The van der Waals surface area contributed by atoms with Crippen LogP contribution >= 0.6 is 11.8 Å². The van der Waals surface area contributed by atoms with E-state index >= 15 is 0 Å². The van der Waals surface area contributed by atoms with E-state index in [1.54, 1.807) is 31.0 Å². The molecule has 10 heteroatoms. The Morgan fingerprint density at radius 1 is 0.854 bits per heavy atom. The molecule has 1 heterocycles. The number of anilines is 2. The second kappa shape index (κ2) is 17.7. The van der Waals surface area contributed by atoms with Crippen LogP contribution in [0.15, 0.2) is 102 Å². The SMILES string of the molecule is COc1ccccc1SC[C@H]1C[C@@H](c2ccc(CO)cc2)O[C@@H](c2ccc(CNC(=O)CCCCC(=O)Nc3ccccc3N)cc2)O1. The number of thioether (sulfide) groups is 1. The molecule has 48 heavy (non-hydrogen) atoms. The normalized spacial score (nSPS) is 17.4. The lowest BCUT2D eigenvalue weighted by Crippen LogP contribution is -2.31. The maximum atomic E-state index is 12.5. The van der Waals surface area contributed by atoms with Crippen molar-refractivity contribution in [3.8, 4) is 5.75 Å². The number of aliphatic hydroxyl groups excluding tert-OH is 1. The molecule has 5 rings (SSSR count). The Morgan fingerprint density at radius 2 is 1.52 bits per heavy atom. The molecule has 4 aromatic carbocycles. The largest absolute Gasteiger partial charge is 0.496 e. The van der Waals surface area contributed by atoms with Crippen molar-refractivity contribution >= 4 is 35.0 Å². The Labute approximate surface area is 286 Å². The maximum Gasteiger partial charge on any atom is 0.224 e. The maximum absolute atomic E-state index is 12.5. The second-order valence-corrected chi connectivity index (χ2v) is 12.7. The fourth-order valence-corrected chi connectivity index (χ4v) is 6.47. The summed E-state index contributed by atoms with van der Waals surface area (Å²) in [5.41, 5.74) is 10.7. The van der Waals surface area contributed by atoms with Gasteiger partial charge in [0, 0.05) is 42.0 Å². The van der Waals surface area contributed by atoms with Gasteiger partial charge in [-0.2, -0.15) is 0 Å². The number of hydrogen-bond acceptors (Lipinski definition) is 8. The summed E-state index contributed by atoms with van der Waals surface area (Å²) >= 11 is 1.70. The number of rotatable bonds is 15. The summed E-state index contributed by atoms with van der Waals surface area (Å²) in [6.07, 6.45) is 1.74. The van der Waals surface area contributed by atoms with Crippen molar-refractivity contribution in [3.05, 3.63) is 119 Å². The molecular weight excluding hydrogens is 627 g/mol. The van der Waals surface area contributed by atoms with Crippen molar-refractivity contribution < 1.29 is 28.9 Å². The highest BCUT2D eigenvalue weighted by Crippen LogP contribution is 2.40. The van der Waals surface area contributed by atoms with Crippen LogP contribution in [0.3, 0.4) is 0 Å². The van der Waals surface area contributed by atoms with Crippen molar-refractivity contribution in [2.75, 3.05) is 23.9 Å². The molecule has 0 spiro atoms. The number of benzene rings is 4. The molecule has 0 radical (unpaired) electrons. The minimum Gasteiger partial charge on any atom is -0.496 e. The smallest absolute Gasteiger partial charge is 0.224 e. The van der Waals surface area contributed by atoms with Gasteiger partial charge in [0.25, 0.3) is 0 Å². The summed E-state index contributed by atoms with van der Waals surface area (Å²) in [5, 5.41) is 15.3. The van der Waals surface area contributed by atoms with E-state index in [1.807, 2.05) is 84.9 Å². The number of amides is 2. The molecule has 252 valence electrons. The first-order chi connectivity index (χ1) is 23.4. The molecule has 3 atom stereocenters. The lowest BCUT2D eigenvalue weighted by molar-refractivity contribution is -0.245. The number of nitrogens with two attached hydrogens (primary N) is 1. The monoisotopic (exact) mass is 669 g/mol. The first-order valence-electron chi connectivity index (χ1n) is 16.2. The summed E-state index contributed by atoms with van der Waals surface area (Å²) in [5.74, 6) is 1.38. The van der Waals surface area contributed by atoms with Crippen molar-refractivity contribution in [1.29, 1.82) is 0 Å². The first kappa shape index (κ1) is 35.0. The molecular formula is C38H43N3O6S. The minimum atomic E-state index is -0.566. The van der Waals surface area contributed by atoms with Gasteiger partial charge in [-0.05, 0) is 53.8 Å². The van der Waals surface area contributed by atoms with Crippen LogP contribution in [0.25, 0.3) is 0 Å². The van der Waals surface area contributed by atoms with Gasteiger partial charge in [-0.15, -0.1) is 11.8 Å². The fraction of sp³-hybridized carbons (Fsp3) is 0.316. The third kappa shape index (κ3) is 10.1. The topological polar surface area (TPSA) is 132 Å². The summed E-state index contributed by atoms with van der Waals surface area (Å²) in [6.45, 7) is 0.393. The average molecular weight is 670 g/mol. The van der Waals surface area contributed by atoms with Crippen LogP contribution in [0.2, 0.25) is 0 Å². The number of ether oxygens (including phenoxy) is 3. The van der Waals surface area contributed by atoms with Gasteiger partial charge in [-0.25, -0.2) is 0 Å². The van der Waals surface area contributed by atoms with E-state index in [0.717, 1.165) is 38.7 Å². The van der Waals surface area contributed by atoms with E-state index in [1.165, 1.54) is 0 Å². The number of hydrogen-bond donors (Lipinski definition) is 4. The van der Waals surface area contributed by atoms with Gasteiger partial charge in [-0.1, -0.05) is 72.8 Å². The van der Waals surface area contributed by atoms with Crippen LogP contribution < -0.4 is 21.1 Å². The van der Waals surface area contributed by atoms with Crippen LogP contribution in [-0.2, 0) is 32.2 Å². The highest BCUT2D eigenvalue weighted by Gasteiger charge is 2.32. The summed E-state index contributed by atoms with van der Waals surface area (Å²) < 4.78 is 18.5. The highest BCUT2D eigenvalue weighted by atomic mass is 32.2. The lowest BCUT2D eigenvalue weighted by atomic mass is 10.0. The van der Waals surface area contributed by atoms with Crippen LogP contribution in [0.1, 0.15) is 66.8 Å². The molecule has 9 nitrogen and oxygen atoms in total. The Morgan fingerprint density at radius 3 is 2.25 bits per heavy atom. The van der Waals surface area contributed by atoms with Crippen molar-refractivity contribution in [3.63, 3.8) is 0 Å². The Bertz CT molecular complexity index is 1630. The number of unbranched alkanes of at least 4 members (excludes halogenated alkanes) is 1. The van der Waals surface area contributed by atoms with E-state index in [4.69, 9.17) is 19.9 Å². The molecule has 1 aliphatic rings. The molecule has 0 aromatic heterocycles. The molecule has 0 unspecified atom stereocenters. The van der Waals surface area contributed by atoms with Gasteiger partial charge in [-0.3, -0.25) is 9.59 Å². The van der Waals surface area contributed by atoms with E-state index in [-0.39, 0.29) is 30.6 Å². The van der Waals surface area contributed by atoms with Gasteiger partial charge in [0.2, 0.25) is 11.8 Å². The molecule has 2 amide bonds. The lowest BCUT2D eigenvalue weighted by Gasteiger charge is -2.36. The molecule has 0 bridgehead atoms. The summed E-state index contributed by atoms with van der Waals surface area (Å²) in [6, 6.07) is 30.8. The quantitative estimate of drug-likeness (QED) is 0.0609. The summed E-state index contributed by atoms with van der Waals surface area (Å²) in [7, 11) is 1.68. The first-order valence-corrected chi connectivity index (χ1v) is 17.2. The molecule has 1 aliphatic heterocycles. The van der Waals surface area contributed by atoms with Crippen molar-refractivity contribution in [2.24, 2.45) is 0 Å². The van der Waals surface area contributed by atoms with Gasteiger partial charge < -0.3 is 35.7 Å². The van der Waals surface area contributed by atoms with Crippen LogP contribution in [0, 0.1) is 0 Å². The fourth-order valence-electron chi connectivity index (χ4n) is 5.42. The van der Waals surface area contributed by atoms with Gasteiger partial charge in [0.05, 0.1) is 37.3 Å². The third-order valence-electron chi connectivity index (χ3n) is 8.14. The number of aliphatic hydroxyl groups is 1. The molecule has 0 saturated carbocycles. The van der Waals surface area contributed by atoms with E-state index in [9.17, 15) is 14.7 Å². The molecule has 1 fully saturated rings. The van der Waals surface area contributed by atoms with Crippen LogP contribution in [-0.4, -0.2) is 35.9 Å². The number of nitrogens with one attached hydrogen (secondary N) is 2. The molecule has 4 aromatic rings. The Balaban J connectivity index is 1.12. The standard InChI is InChI=1S/C38H43N3O6S/c1-45-33-10-4-5-11-35(33)48-25-30-22-34(28-18-16-27(24-42)17-19-28)47-38(46-30)29-20-14-26(15-21-29)23-40-36(43)12-6-7-13-37(44)41-32-9-3-2-8-31(32)39/h2-5,8-11,14-21,30,34,38,42H,6-7,12-13,22-25,39H2,1H3,(H,40,43)(H,41,44)/t30-,34+,38+/m1/s1. The van der Waals surface area contributed by atoms with Crippen molar-refractivity contribution in [2.45, 2.75) is 68.6 Å². The zero-order valence-electron chi connectivity index (χ0n) is 27.1. The molecule has 5 N–H and O–H groups in total. The Hall–Kier alpha value is -4.35. The highest BCUT2D eigenvalue weighted by molar-refractivity contribution is 7.99. The van der Waals surface area contributed by atoms with E-state index in [2.05, 4.69) is 10.6 Å². The molecule has 1 saturated heterocycles. The Kier molecular flexibility index (Phi) is 12.9. The van der Waals surface area contributed by atoms with Crippen LogP contribution in [0.4, 0.5) is 11.4 Å². The predicted octanol–water partition coefficient (Wildman–Crippen LogP) is 6.92. The van der Waals surface area contributed by atoms with Gasteiger partial charge in [0.15, 0.2) is 6.29 Å². The number of methoxy groups -OCH3 is 1. The van der Waals surface area contributed by atoms with Crippen LogP contribution in [0.5, 0.6) is 5.75 Å². The van der Waals surface area contributed by atoms with E-state index < -0.39 is 6.29 Å². The molecule has 0 aliphatic carbocycles. The predicted molar refractivity (Wildman–Crippen MR) is 188 cm³/mol. The van der Waals surface area contributed by atoms with E-state index in [0.29, 0.717) is 50.0 Å². The van der Waals surface area contributed by atoms with Crippen molar-refractivity contribution in [1.82, 2.24) is 5.32 Å². The number of carbonyl (C=O) groups is 2. The number of nitrogen functional groups attached to an aromatic ring is 1. The summed E-state index contributed by atoms with van der Waals surface area (Å²) in [4.78, 5) is 25.7. The van der Waals surface area contributed by atoms with Gasteiger partial charge in [0.1, 0.15) is 5.75 Å².